The molecular weight excluding hydrogens is 347 g/mol. The van der Waals surface area contributed by atoms with E-state index >= 15 is 0 Å². The molecule has 1 nitrogen and oxygen atoms in total. The van der Waals surface area contributed by atoms with Crippen LogP contribution in [-0.2, 0) is 6.42 Å². The second-order valence-electron chi connectivity index (χ2n) is 7.25. The van der Waals surface area contributed by atoms with Gasteiger partial charge in [-0.2, -0.15) is 0 Å². The maximum Gasteiger partial charge on any atom is 0.162 e. The summed E-state index contributed by atoms with van der Waals surface area (Å²) in [7, 11) is 0. The average molecular weight is 374 g/mol. The zero-order valence-corrected chi connectivity index (χ0v) is 16.7. The van der Waals surface area contributed by atoms with Crippen molar-refractivity contribution in [3.8, 4) is 22.3 Å². The Labute approximate surface area is 167 Å². The lowest BCUT2D eigenvalue weighted by Gasteiger charge is -2.09. The maximum absolute atomic E-state index is 14.8. The van der Waals surface area contributed by atoms with Crippen LogP contribution in [0, 0.1) is 5.82 Å². The summed E-state index contributed by atoms with van der Waals surface area (Å²) in [4.78, 5) is 12.1. The lowest BCUT2D eigenvalue weighted by atomic mass is 9.97. The zero-order valence-electron chi connectivity index (χ0n) is 16.7. The van der Waals surface area contributed by atoms with Crippen molar-refractivity contribution in [3.05, 3.63) is 83.7 Å². The van der Waals surface area contributed by atoms with Gasteiger partial charge < -0.3 is 0 Å². The van der Waals surface area contributed by atoms with Crippen LogP contribution < -0.4 is 0 Å². The summed E-state index contributed by atoms with van der Waals surface area (Å²) in [6.07, 6.45) is 4.64. The average Bonchev–Trinajstić information content (AvgIpc) is 2.73. The van der Waals surface area contributed by atoms with E-state index in [4.69, 9.17) is 0 Å². The Balaban J connectivity index is 1.79. The summed E-state index contributed by atoms with van der Waals surface area (Å²) in [5, 5.41) is 0. The lowest BCUT2D eigenvalue weighted by Crippen LogP contribution is -1.98. The fourth-order valence-electron chi connectivity index (χ4n) is 3.40. The van der Waals surface area contributed by atoms with Gasteiger partial charge in [0.1, 0.15) is 5.82 Å². The second-order valence-corrected chi connectivity index (χ2v) is 7.25. The third-order valence-corrected chi connectivity index (χ3v) is 5.07. The number of rotatable bonds is 8. The van der Waals surface area contributed by atoms with E-state index in [9.17, 15) is 9.18 Å². The van der Waals surface area contributed by atoms with Crippen LogP contribution in [0.5, 0.6) is 0 Å². The molecule has 0 aromatic heterocycles. The molecule has 0 amide bonds. The Morgan fingerprint density at radius 2 is 1.43 bits per heavy atom. The smallest absolute Gasteiger partial charge is 0.162 e. The van der Waals surface area contributed by atoms with E-state index in [2.05, 4.69) is 26.0 Å². The van der Waals surface area contributed by atoms with Crippen LogP contribution in [-0.4, -0.2) is 5.78 Å². The van der Waals surface area contributed by atoms with E-state index < -0.39 is 0 Å². The van der Waals surface area contributed by atoms with Gasteiger partial charge in [-0.15, -0.1) is 0 Å². The molecule has 0 radical (unpaired) electrons. The van der Waals surface area contributed by atoms with E-state index in [0.717, 1.165) is 47.9 Å². The van der Waals surface area contributed by atoms with E-state index in [1.165, 1.54) is 5.56 Å². The van der Waals surface area contributed by atoms with Crippen molar-refractivity contribution in [1.82, 2.24) is 0 Å². The molecule has 0 bridgehead atoms. The first-order valence-corrected chi connectivity index (χ1v) is 10.1. The van der Waals surface area contributed by atoms with Gasteiger partial charge in [-0.3, -0.25) is 4.79 Å². The SMILES string of the molecule is CCCCC(=O)c1ccc(-c2ccc(-c3ccc(CCC)cc3)c(F)c2)cc1. The lowest BCUT2D eigenvalue weighted by molar-refractivity contribution is 0.0980. The Morgan fingerprint density at radius 3 is 2.04 bits per heavy atom. The van der Waals surface area contributed by atoms with Crippen molar-refractivity contribution in [1.29, 1.82) is 0 Å². The molecule has 0 N–H and O–H groups in total. The van der Waals surface area contributed by atoms with Crippen LogP contribution in [0.1, 0.15) is 55.5 Å². The van der Waals surface area contributed by atoms with E-state index in [0.29, 0.717) is 12.0 Å². The molecular formula is C26H27FO. The molecule has 0 heterocycles. The highest BCUT2D eigenvalue weighted by molar-refractivity contribution is 5.96. The highest BCUT2D eigenvalue weighted by Gasteiger charge is 2.09. The summed E-state index contributed by atoms with van der Waals surface area (Å²) in [5.41, 5.74) is 5.23. The van der Waals surface area contributed by atoms with Crippen molar-refractivity contribution in [3.63, 3.8) is 0 Å². The minimum absolute atomic E-state index is 0.168. The molecule has 28 heavy (non-hydrogen) atoms. The first-order valence-electron chi connectivity index (χ1n) is 10.1. The molecule has 3 aromatic rings. The van der Waals surface area contributed by atoms with Gasteiger partial charge in [-0.05, 0) is 41.2 Å². The fraction of sp³-hybridized carbons (Fsp3) is 0.269. The van der Waals surface area contributed by atoms with Gasteiger partial charge in [0.15, 0.2) is 5.78 Å². The first-order chi connectivity index (χ1) is 13.6. The van der Waals surface area contributed by atoms with Crippen molar-refractivity contribution in [2.24, 2.45) is 0 Å². The van der Waals surface area contributed by atoms with Crippen LogP contribution in [0.4, 0.5) is 4.39 Å². The summed E-state index contributed by atoms with van der Waals surface area (Å²) >= 11 is 0. The van der Waals surface area contributed by atoms with E-state index in [1.54, 1.807) is 6.07 Å². The van der Waals surface area contributed by atoms with Gasteiger partial charge in [0, 0.05) is 17.5 Å². The maximum atomic E-state index is 14.8. The Kier molecular flexibility index (Phi) is 6.76. The number of hydrogen-bond acceptors (Lipinski definition) is 1. The highest BCUT2D eigenvalue weighted by Crippen LogP contribution is 2.28. The van der Waals surface area contributed by atoms with Gasteiger partial charge >= 0.3 is 0 Å². The summed E-state index contributed by atoms with van der Waals surface area (Å²) in [6, 6.07) is 20.9. The molecule has 0 atom stereocenters. The molecule has 3 aromatic carbocycles. The number of Topliss-reactive ketones (excluding diaryl/α,β-unsaturated/α-hetero) is 1. The van der Waals surface area contributed by atoms with Crippen molar-refractivity contribution >= 4 is 5.78 Å². The van der Waals surface area contributed by atoms with E-state index in [-0.39, 0.29) is 11.6 Å². The number of carbonyl (C=O) groups excluding carboxylic acids is 1. The molecule has 144 valence electrons. The zero-order chi connectivity index (χ0) is 19.9. The van der Waals surface area contributed by atoms with E-state index in [1.807, 2.05) is 48.5 Å². The number of ketones is 1. The molecule has 0 aliphatic rings. The molecule has 0 saturated carbocycles. The van der Waals surface area contributed by atoms with Crippen LogP contribution in [0.3, 0.4) is 0 Å². The molecule has 0 aliphatic heterocycles. The van der Waals surface area contributed by atoms with Crippen molar-refractivity contribution in [2.45, 2.75) is 46.0 Å². The third kappa shape index (κ3) is 4.75. The normalized spacial score (nSPS) is 10.8. The standard InChI is InChI=1S/C26H27FO/c1-3-5-7-26(28)22-14-12-20(13-15-22)23-16-17-24(25(27)18-23)21-10-8-19(6-4-2)9-11-21/h8-18H,3-7H2,1-2H3. The molecule has 0 unspecified atom stereocenters. The fourth-order valence-corrected chi connectivity index (χ4v) is 3.40. The van der Waals surface area contributed by atoms with Gasteiger partial charge in [-0.25, -0.2) is 4.39 Å². The number of halogens is 1. The van der Waals surface area contributed by atoms with Crippen molar-refractivity contribution < 1.29 is 9.18 Å². The first kappa shape index (κ1) is 20.0. The van der Waals surface area contributed by atoms with Crippen LogP contribution in [0.2, 0.25) is 0 Å². The predicted octanol–water partition coefficient (Wildman–Crippen LogP) is 7.49. The number of carbonyl (C=O) groups is 1. The second kappa shape index (κ2) is 9.45. The molecule has 0 aliphatic carbocycles. The Morgan fingerprint density at radius 1 is 0.786 bits per heavy atom. The minimum atomic E-state index is -0.233. The largest absolute Gasteiger partial charge is 0.294 e. The van der Waals surface area contributed by atoms with Crippen LogP contribution >= 0.6 is 0 Å². The molecule has 0 spiro atoms. The van der Waals surface area contributed by atoms with Gasteiger partial charge in [-0.1, -0.05) is 87.4 Å². The third-order valence-electron chi connectivity index (χ3n) is 5.07. The van der Waals surface area contributed by atoms with Gasteiger partial charge in [0.05, 0.1) is 0 Å². The summed E-state index contributed by atoms with van der Waals surface area (Å²) < 4.78 is 14.8. The van der Waals surface area contributed by atoms with Crippen molar-refractivity contribution in [2.75, 3.05) is 0 Å². The minimum Gasteiger partial charge on any atom is -0.294 e. The molecule has 0 saturated heterocycles. The number of hydrogen-bond donors (Lipinski definition) is 0. The topological polar surface area (TPSA) is 17.1 Å². The summed E-state index contributed by atoms with van der Waals surface area (Å²) in [5.74, 6) is -0.0645. The van der Waals surface area contributed by atoms with Gasteiger partial charge in [0.2, 0.25) is 0 Å². The summed E-state index contributed by atoms with van der Waals surface area (Å²) in [6.45, 7) is 4.23. The monoisotopic (exact) mass is 374 g/mol. The number of unbranched alkanes of at least 4 members (excludes halogenated alkanes) is 1. The number of benzene rings is 3. The number of aryl methyl sites for hydroxylation is 1. The Bertz CT molecular complexity index is 924. The van der Waals surface area contributed by atoms with Crippen LogP contribution in [0.25, 0.3) is 22.3 Å². The highest BCUT2D eigenvalue weighted by atomic mass is 19.1. The van der Waals surface area contributed by atoms with Crippen LogP contribution in [0.15, 0.2) is 66.7 Å². The molecule has 2 heteroatoms. The predicted molar refractivity (Wildman–Crippen MR) is 115 cm³/mol. The quantitative estimate of drug-likeness (QED) is 0.373. The van der Waals surface area contributed by atoms with Gasteiger partial charge in [0.25, 0.3) is 0 Å². The molecule has 0 fully saturated rings. The molecule has 3 rings (SSSR count). The Hall–Kier alpha value is -2.74.